The Balaban J connectivity index is 0.00000176. The van der Waals surface area contributed by atoms with Gasteiger partial charge in [-0.2, -0.15) is 0 Å². The summed E-state index contributed by atoms with van der Waals surface area (Å²) in [5.74, 6) is 0.403. The Hall–Kier alpha value is -1.46. The van der Waals surface area contributed by atoms with Gasteiger partial charge in [-0.25, -0.2) is 0 Å². The number of halogens is 1. The molecule has 1 saturated carbocycles. The second-order valence-corrected chi connectivity index (χ2v) is 6.13. The van der Waals surface area contributed by atoms with Gasteiger partial charge in [0.05, 0.1) is 11.2 Å². The minimum atomic E-state index is -0.628. The molecule has 0 spiro atoms. The average molecular weight is 326 g/mol. The molecule has 3 rings (SSSR count). The molecular formula is C16H24ClN3O2. The van der Waals surface area contributed by atoms with E-state index in [2.05, 4.69) is 4.90 Å². The van der Waals surface area contributed by atoms with Crippen molar-refractivity contribution in [3.8, 4) is 5.75 Å². The molecule has 0 unspecified atom stereocenters. The summed E-state index contributed by atoms with van der Waals surface area (Å²) in [4.78, 5) is 16.6. The number of benzene rings is 1. The quantitative estimate of drug-likeness (QED) is 0.869. The van der Waals surface area contributed by atoms with Crippen LogP contribution in [0.1, 0.15) is 25.7 Å². The first kappa shape index (κ1) is 16.9. The van der Waals surface area contributed by atoms with Gasteiger partial charge in [-0.05, 0) is 25.0 Å². The van der Waals surface area contributed by atoms with Gasteiger partial charge in [0, 0.05) is 26.2 Å². The number of carbonyl (C=O) groups excluding carboxylic acids is 1. The highest BCUT2D eigenvalue weighted by Crippen LogP contribution is 2.31. The van der Waals surface area contributed by atoms with Crippen molar-refractivity contribution >= 4 is 24.0 Å². The van der Waals surface area contributed by atoms with E-state index < -0.39 is 5.54 Å². The Labute approximate surface area is 137 Å². The Bertz CT molecular complexity index is 524. The topological polar surface area (TPSA) is 69.8 Å². The van der Waals surface area contributed by atoms with Gasteiger partial charge < -0.3 is 20.6 Å². The summed E-state index contributed by atoms with van der Waals surface area (Å²) in [6.07, 6.45) is 3.73. The fourth-order valence-corrected chi connectivity index (χ4v) is 3.42. The van der Waals surface area contributed by atoms with Gasteiger partial charge in [-0.15, -0.1) is 12.4 Å². The highest BCUT2D eigenvalue weighted by Gasteiger charge is 2.40. The Morgan fingerprint density at radius 2 is 1.68 bits per heavy atom. The van der Waals surface area contributed by atoms with Crippen molar-refractivity contribution in [2.45, 2.75) is 31.2 Å². The zero-order chi connectivity index (χ0) is 14.9. The van der Waals surface area contributed by atoms with Crippen molar-refractivity contribution in [2.75, 3.05) is 31.1 Å². The van der Waals surface area contributed by atoms with Crippen molar-refractivity contribution in [2.24, 2.45) is 5.73 Å². The second-order valence-electron chi connectivity index (χ2n) is 6.13. The zero-order valence-corrected chi connectivity index (χ0v) is 13.5. The summed E-state index contributed by atoms with van der Waals surface area (Å²) in [7, 11) is 0. The molecule has 6 heteroatoms. The molecule has 3 N–H and O–H groups in total. The number of nitrogens with zero attached hydrogens (tertiary/aromatic N) is 2. The first-order chi connectivity index (χ1) is 10.1. The number of anilines is 1. The number of rotatable bonds is 2. The van der Waals surface area contributed by atoms with E-state index in [9.17, 15) is 9.90 Å². The van der Waals surface area contributed by atoms with Crippen LogP contribution in [-0.2, 0) is 4.79 Å². The predicted molar refractivity (Wildman–Crippen MR) is 89.5 cm³/mol. The maximum atomic E-state index is 12.6. The molecule has 1 amide bonds. The number of para-hydroxylation sites is 2. The van der Waals surface area contributed by atoms with Crippen LogP contribution >= 0.6 is 12.4 Å². The number of nitrogens with two attached hydrogens (primary N) is 1. The van der Waals surface area contributed by atoms with Crippen LogP contribution in [0.25, 0.3) is 0 Å². The molecule has 1 saturated heterocycles. The fraction of sp³-hybridized carbons (Fsp3) is 0.562. The highest BCUT2D eigenvalue weighted by atomic mass is 35.5. The summed E-state index contributed by atoms with van der Waals surface area (Å²) in [5, 5.41) is 9.91. The molecule has 1 aromatic carbocycles. The van der Waals surface area contributed by atoms with E-state index in [1.54, 1.807) is 6.07 Å². The van der Waals surface area contributed by atoms with E-state index in [4.69, 9.17) is 5.73 Å². The molecule has 122 valence electrons. The van der Waals surface area contributed by atoms with Crippen molar-refractivity contribution in [1.29, 1.82) is 0 Å². The van der Waals surface area contributed by atoms with Crippen LogP contribution in [0, 0.1) is 0 Å². The number of aromatic hydroxyl groups is 1. The number of piperazine rings is 1. The summed E-state index contributed by atoms with van der Waals surface area (Å²) in [6.45, 7) is 2.82. The molecule has 1 heterocycles. The first-order valence-electron chi connectivity index (χ1n) is 7.71. The van der Waals surface area contributed by atoms with Crippen LogP contribution in [-0.4, -0.2) is 47.6 Å². The van der Waals surface area contributed by atoms with Crippen LogP contribution in [0.5, 0.6) is 5.75 Å². The van der Waals surface area contributed by atoms with E-state index in [0.29, 0.717) is 18.8 Å². The molecule has 2 aliphatic rings. The number of amides is 1. The highest BCUT2D eigenvalue weighted by molar-refractivity contribution is 5.86. The number of carbonyl (C=O) groups is 1. The summed E-state index contributed by atoms with van der Waals surface area (Å²) >= 11 is 0. The lowest BCUT2D eigenvalue weighted by Gasteiger charge is -2.39. The number of hydrogen-bond acceptors (Lipinski definition) is 4. The van der Waals surface area contributed by atoms with E-state index >= 15 is 0 Å². The van der Waals surface area contributed by atoms with Crippen LogP contribution < -0.4 is 10.6 Å². The molecule has 0 atom stereocenters. The average Bonchev–Trinajstić information content (AvgIpc) is 2.95. The Morgan fingerprint density at radius 1 is 1.09 bits per heavy atom. The maximum Gasteiger partial charge on any atom is 0.242 e. The van der Waals surface area contributed by atoms with E-state index in [1.165, 1.54) is 0 Å². The first-order valence-corrected chi connectivity index (χ1v) is 7.71. The summed E-state index contributed by atoms with van der Waals surface area (Å²) in [6, 6.07) is 7.34. The molecule has 1 aromatic rings. The zero-order valence-electron chi connectivity index (χ0n) is 12.7. The SMILES string of the molecule is Cl.NC1(C(=O)N2CCN(c3ccccc3O)CC2)CCCC1. The Morgan fingerprint density at radius 3 is 2.27 bits per heavy atom. The normalized spacial score (nSPS) is 20.6. The Kier molecular flexibility index (Phi) is 5.19. The third-order valence-electron chi connectivity index (χ3n) is 4.71. The third kappa shape index (κ3) is 3.15. The van der Waals surface area contributed by atoms with Crippen LogP contribution in [0.2, 0.25) is 0 Å². The minimum absolute atomic E-state index is 0. The number of phenols is 1. The van der Waals surface area contributed by atoms with E-state index in [0.717, 1.165) is 44.5 Å². The standard InChI is InChI=1S/C16H23N3O2.ClH/c17-16(7-3-4-8-16)15(21)19-11-9-18(10-12-19)13-5-1-2-6-14(13)20;/h1-2,5-6,20H,3-4,7-12,17H2;1H. The maximum absolute atomic E-state index is 12.6. The van der Waals surface area contributed by atoms with Gasteiger partial charge in [0.25, 0.3) is 0 Å². The molecular weight excluding hydrogens is 302 g/mol. The van der Waals surface area contributed by atoms with Crippen molar-refractivity contribution in [1.82, 2.24) is 4.90 Å². The lowest BCUT2D eigenvalue weighted by molar-refractivity contribution is -0.137. The van der Waals surface area contributed by atoms with Gasteiger partial charge in [0.15, 0.2) is 0 Å². The molecule has 0 radical (unpaired) electrons. The second kappa shape index (κ2) is 6.75. The molecule has 0 bridgehead atoms. The molecule has 1 aliphatic heterocycles. The van der Waals surface area contributed by atoms with Crippen LogP contribution in [0.15, 0.2) is 24.3 Å². The molecule has 22 heavy (non-hydrogen) atoms. The summed E-state index contributed by atoms with van der Waals surface area (Å²) in [5.41, 5.74) is 6.47. The van der Waals surface area contributed by atoms with E-state index in [1.807, 2.05) is 23.1 Å². The molecule has 5 nitrogen and oxygen atoms in total. The van der Waals surface area contributed by atoms with Crippen LogP contribution in [0.4, 0.5) is 5.69 Å². The van der Waals surface area contributed by atoms with Gasteiger partial charge in [-0.1, -0.05) is 25.0 Å². The van der Waals surface area contributed by atoms with Gasteiger partial charge in [-0.3, -0.25) is 4.79 Å². The molecule has 0 aromatic heterocycles. The van der Waals surface area contributed by atoms with Gasteiger partial charge in [0.1, 0.15) is 5.75 Å². The van der Waals surface area contributed by atoms with Crippen molar-refractivity contribution in [3.63, 3.8) is 0 Å². The number of hydrogen-bond donors (Lipinski definition) is 2. The van der Waals surface area contributed by atoms with Gasteiger partial charge >= 0.3 is 0 Å². The van der Waals surface area contributed by atoms with Crippen LogP contribution in [0.3, 0.4) is 0 Å². The molecule has 1 aliphatic carbocycles. The minimum Gasteiger partial charge on any atom is -0.506 e. The van der Waals surface area contributed by atoms with Gasteiger partial charge in [0.2, 0.25) is 5.91 Å². The van der Waals surface area contributed by atoms with E-state index in [-0.39, 0.29) is 18.3 Å². The smallest absolute Gasteiger partial charge is 0.242 e. The van der Waals surface area contributed by atoms with Crippen molar-refractivity contribution in [3.05, 3.63) is 24.3 Å². The predicted octanol–water partition coefficient (Wildman–Crippen LogP) is 1.73. The largest absolute Gasteiger partial charge is 0.506 e. The lowest BCUT2D eigenvalue weighted by atomic mass is 9.97. The third-order valence-corrected chi connectivity index (χ3v) is 4.71. The van der Waals surface area contributed by atoms with Crippen molar-refractivity contribution < 1.29 is 9.90 Å². The monoisotopic (exact) mass is 325 g/mol. The fourth-order valence-electron chi connectivity index (χ4n) is 3.42. The lowest BCUT2D eigenvalue weighted by Crippen LogP contribution is -2.58. The molecule has 2 fully saturated rings. The summed E-state index contributed by atoms with van der Waals surface area (Å²) < 4.78 is 0. The number of phenolic OH excluding ortho intramolecular Hbond substituents is 1.